The first-order chi connectivity index (χ1) is 13.5. The van der Waals surface area contributed by atoms with E-state index in [9.17, 15) is 9.59 Å². The number of hydrogen-bond acceptors (Lipinski definition) is 5. The minimum Gasteiger partial charge on any atom is -0.360 e. The highest BCUT2D eigenvalue weighted by Crippen LogP contribution is 2.25. The molecular weight excluding hydrogens is 356 g/mol. The number of benzene rings is 1. The zero-order valence-electron chi connectivity index (χ0n) is 15.7. The van der Waals surface area contributed by atoms with Crippen molar-refractivity contribution >= 4 is 17.5 Å². The van der Waals surface area contributed by atoms with Crippen LogP contribution >= 0.6 is 0 Å². The number of rotatable bonds is 4. The van der Waals surface area contributed by atoms with E-state index in [4.69, 9.17) is 4.52 Å². The minimum absolute atomic E-state index is 0.120. The highest BCUT2D eigenvalue weighted by molar-refractivity contribution is 6.06. The topological polar surface area (TPSA) is 88.3 Å². The lowest BCUT2D eigenvalue weighted by Gasteiger charge is -2.17. The minimum atomic E-state index is -0.584. The van der Waals surface area contributed by atoms with E-state index in [1.807, 2.05) is 37.3 Å². The molecular formula is C21H20N4O3. The van der Waals surface area contributed by atoms with Gasteiger partial charge in [-0.05, 0) is 44.5 Å². The van der Waals surface area contributed by atoms with E-state index in [0.717, 1.165) is 11.3 Å². The first-order valence-electron chi connectivity index (χ1n) is 9.11. The van der Waals surface area contributed by atoms with E-state index in [-0.39, 0.29) is 11.8 Å². The molecule has 2 amide bonds. The molecule has 28 heavy (non-hydrogen) atoms. The normalized spacial score (nSPS) is 16.4. The fourth-order valence-electron chi connectivity index (χ4n) is 3.34. The van der Waals surface area contributed by atoms with Gasteiger partial charge < -0.3 is 14.7 Å². The van der Waals surface area contributed by atoms with Gasteiger partial charge in [-0.1, -0.05) is 28.9 Å². The molecule has 1 N–H and O–H groups in total. The van der Waals surface area contributed by atoms with Crippen LogP contribution in [-0.4, -0.2) is 34.5 Å². The number of aryl methyl sites for hydroxylation is 2. The number of pyridine rings is 1. The molecule has 1 atom stereocenters. The monoisotopic (exact) mass is 376 g/mol. The van der Waals surface area contributed by atoms with Crippen molar-refractivity contribution in [2.75, 3.05) is 11.4 Å². The second-order valence-electron chi connectivity index (χ2n) is 6.82. The summed E-state index contributed by atoms with van der Waals surface area (Å²) in [7, 11) is 0. The molecule has 0 spiro atoms. The summed E-state index contributed by atoms with van der Waals surface area (Å²) in [6, 6.07) is 12.5. The Morgan fingerprint density at radius 3 is 2.68 bits per heavy atom. The van der Waals surface area contributed by atoms with E-state index < -0.39 is 6.04 Å². The van der Waals surface area contributed by atoms with Crippen molar-refractivity contribution in [3.05, 3.63) is 65.5 Å². The molecule has 7 heteroatoms. The maximum Gasteiger partial charge on any atom is 0.257 e. The second kappa shape index (κ2) is 7.26. The molecule has 0 aliphatic carbocycles. The highest BCUT2D eigenvalue weighted by Gasteiger charge is 2.35. The van der Waals surface area contributed by atoms with Crippen molar-refractivity contribution in [1.29, 1.82) is 0 Å². The van der Waals surface area contributed by atoms with Gasteiger partial charge >= 0.3 is 0 Å². The Kier molecular flexibility index (Phi) is 4.65. The molecule has 1 aromatic carbocycles. The van der Waals surface area contributed by atoms with Gasteiger partial charge in [0.2, 0.25) is 5.91 Å². The van der Waals surface area contributed by atoms with Crippen LogP contribution in [0.5, 0.6) is 0 Å². The third-order valence-electron chi connectivity index (χ3n) is 4.85. The zero-order valence-corrected chi connectivity index (χ0v) is 15.7. The van der Waals surface area contributed by atoms with E-state index in [1.165, 1.54) is 0 Å². The first kappa shape index (κ1) is 17.9. The second-order valence-corrected chi connectivity index (χ2v) is 6.82. The van der Waals surface area contributed by atoms with Gasteiger partial charge in [-0.25, -0.2) is 0 Å². The van der Waals surface area contributed by atoms with Gasteiger partial charge in [-0.15, -0.1) is 0 Å². The van der Waals surface area contributed by atoms with Crippen LogP contribution in [0.15, 0.2) is 53.2 Å². The Morgan fingerprint density at radius 2 is 1.96 bits per heavy atom. The van der Waals surface area contributed by atoms with Crippen LogP contribution in [-0.2, 0) is 4.79 Å². The van der Waals surface area contributed by atoms with Crippen molar-refractivity contribution in [2.24, 2.45) is 0 Å². The van der Waals surface area contributed by atoms with Crippen molar-refractivity contribution in [2.45, 2.75) is 26.3 Å². The molecule has 3 heterocycles. The van der Waals surface area contributed by atoms with E-state index in [1.54, 1.807) is 30.2 Å². The summed E-state index contributed by atoms with van der Waals surface area (Å²) in [6.45, 7) is 4.23. The smallest absolute Gasteiger partial charge is 0.257 e. The van der Waals surface area contributed by atoms with Crippen LogP contribution in [0.4, 0.5) is 5.69 Å². The fourth-order valence-corrected chi connectivity index (χ4v) is 3.34. The van der Waals surface area contributed by atoms with Crippen LogP contribution in [0.2, 0.25) is 0 Å². The Bertz CT molecular complexity index is 1010. The SMILES string of the molecule is Cc1ccc(N2CCC(NC(=O)c3c(-c4ccccn4)noc3C)C2=O)cc1. The Labute approximate surface area is 162 Å². The van der Waals surface area contributed by atoms with E-state index in [0.29, 0.717) is 35.7 Å². The van der Waals surface area contributed by atoms with Crippen LogP contribution in [0, 0.1) is 13.8 Å². The summed E-state index contributed by atoms with van der Waals surface area (Å²) >= 11 is 0. The lowest BCUT2D eigenvalue weighted by atomic mass is 10.1. The molecule has 1 fully saturated rings. The summed E-state index contributed by atoms with van der Waals surface area (Å²) in [5.41, 5.74) is 3.19. The molecule has 1 aliphatic heterocycles. The summed E-state index contributed by atoms with van der Waals surface area (Å²) in [5, 5.41) is 6.81. The largest absolute Gasteiger partial charge is 0.360 e. The molecule has 0 radical (unpaired) electrons. The number of anilines is 1. The number of nitrogens with one attached hydrogen (secondary N) is 1. The lowest BCUT2D eigenvalue weighted by Crippen LogP contribution is -2.41. The van der Waals surface area contributed by atoms with E-state index >= 15 is 0 Å². The zero-order chi connectivity index (χ0) is 19.7. The molecule has 1 aliphatic rings. The van der Waals surface area contributed by atoms with Crippen LogP contribution < -0.4 is 10.2 Å². The molecule has 7 nitrogen and oxygen atoms in total. The summed E-state index contributed by atoms with van der Waals surface area (Å²) in [4.78, 5) is 31.6. The molecule has 142 valence electrons. The molecule has 2 aromatic heterocycles. The Hall–Kier alpha value is -3.48. The third-order valence-corrected chi connectivity index (χ3v) is 4.85. The Morgan fingerprint density at radius 1 is 1.18 bits per heavy atom. The van der Waals surface area contributed by atoms with Crippen molar-refractivity contribution < 1.29 is 14.1 Å². The number of hydrogen-bond donors (Lipinski definition) is 1. The highest BCUT2D eigenvalue weighted by atomic mass is 16.5. The average Bonchev–Trinajstić information content (AvgIpc) is 3.26. The maximum atomic E-state index is 12.9. The van der Waals surface area contributed by atoms with Gasteiger partial charge in [0, 0.05) is 18.4 Å². The third kappa shape index (κ3) is 3.26. The summed E-state index contributed by atoms with van der Waals surface area (Å²) in [5.74, 6) is -0.117. The Balaban J connectivity index is 1.53. The molecule has 4 rings (SSSR count). The van der Waals surface area contributed by atoms with Gasteiger partial charge in [-0.3, -0.25) is 14.6 Å². The number of aromatic nitrogens is 2. The van der Waals surface area contributed by atoms with Crippen LogP contribution in [0.1, 0.15) is 28.1 Å². The lowest BCUT2D eigenvalue weighted by molar-refractivity contribution is -0.118. The number of carbonyl (C=O) groups excluding carboxylic acids is 2. The molecule has 1 unspecified atom stereocenters. The summed E-state index contributed by atoms with van der Waals surface area (Å²) < 4.78 is 5.22. The standard InChI is InChI=1S/C21H20N4O3/c1-13-6-8-15(9-7-13)25-12-10-17(21(25)27)23-20(26)18-14(2)28-24-19(18)16-5-3-4-11-22-16/h3-9,11,17H,10,12H2,1-2H3,(H,23,26). The molecule has 0 saturated carbocycles. The quantitative estimate of drug-likeness (QED) is 0.756. The van der Waals surface area contributed by atoms with Gasteiger partial charge in [0.05, 0.1) is 5.69 Å². The van der Waals surface area contributed by atoms with Crippen LogP contribution in [0.3, 0.4) is 0 Å². The van der Waals surface area contributed by atoms with Gasteiger partial charge in [0.1, 0.15) is 23.1 Å². The van der Waals surface area contributed by atoms with Crippen LogP contribution in [0.25, 0.3) is 11.4 Å². The van der Waals surface area contributed by atoms with Gasteiger partial charge in [0.15, 0.2) is 0 Å². The van der Waals surface area contributed by atoms with Gasteiger partial charge in [0.25, 0.3) is 5.91 Å². The van der Waals surface area contributed by atoms with Crippen molar-refractivity contribution in [1.82, 2.24) is 15.5 Å². The fraction of sp³-hybridized carbons (Fsp3) is 0.238. The number of nitrogens with zero attached hydrogens (tertiary/aromatic N) is 3. The van der Waals surface area contributed by atoms with Crippen molar-refractivity contribution in [3.8, 4) is 11.4 Å². The molecule has 0 bridgehead atoms. The predicted molar refractivity (Wildman–Crippen MR) is 104 cm³/mol. The first-order valence-corrected chi connectivity index (χ1v) is 9.11. The molecule has 3 aromatic rings. The molecule has 1 saturated heterocycles. The summed E-state index contributed by atoms with van der Waals surface area (Å²) in [6.07, 6.45) is 2.17. The van der Waals surface area contributed by atoms with Crippen molar-refractivity contribution in [3.63, 3.8) is 0 Å². The van der Waals surface area contributed by atoms with Gasteiger partial charge in [-0.2, -0.15) is 0 Å². The number of amides is 2. The number of carbonyl (C=O) groups is 2. The van der Waals surface area contributed by atoms with E-state index in [2.05, 4.69) is 15.5 Å². The predicted octanol–water partition coefficient (Wildman–Crippen LogP) is 2.89. The maximum absolute atomic E-state index is 12.9. The average molecular weight is 376 g/mol.